The van der Waals surface area contributed by atoms with Crippen LogP contribution in [0.1, 0.15) is 0 Å². The van der Waals surface area contributed by atoms with Gasteiger partial charge >= 0.3 is 0 Å². The van der Waals surface area contributed by atoms with Gasteiger partial charge in [0.1, 0.15) is 7.28 Å². The fraction of sp³-hybridized carbons (Fsp3) is 1.00. The number of aliphatic hydroxyl groups is 2. The van der Waals surface area contributed by atoms with Crippen LogP contribution < -0.4 is 0 Å². The van der Waals surface area contributed by atoms with E-state index in [1.165, 1.54) is 0 Å². The second kappa shape index (κ2) is 5.98. The fourth-order valence-electron chi connectivity index (χ4n) is 0.400. The van der Waals surface area contributed by atoms with Gasteiger partial charge in [0.25, 0.3) is 0 Å². The van der Waals surface area contributed by atoms with E-state index in [0.717, 1.165) is 19.9 Å². The van der Waals surface area contributed by atoms with Crippen molar-refractivity contribution in [2.24, 2.45) is 0 Å². The quantitative estimate of drug-likeness (QED) is 0.362. The van der Waals surface area contributed by atoms with Crippen LogP contribution in [0.5, 0.6) is 0 Å². The highest BCUT2D eigenvalue weighted by molar-refractivity contribution is 6.35. The molecule has 0 rings (SSSR count). The Kier molecular flexibility index (Phi) is 5.97. The van der Waals surface area contributed by atoms with E-state index < -0.39 is 0 Å². The normalized spacial score (nSPS) is 8.86. The van der Waals surface area contributed by atoms with Crippen LogP contribution >= 0.6 is 0 Å². The highest BCUT2D eigenvalue weighted by Gasteiger charge is 1.85. The Morgan fingerprint density at radius 1 is 1.00 bits per heavy atom. The van der Waals surface area contributed by atoms with Crippen LogP contribution in [0.3, 0.4) is 0 Å². The van der Waals surface area contributed by atoms with Crippen LogP contribution in [0.4, 0.5) is 0 Å². The van der Waals surface area contributed by atoms with E-state index in [4.69, 9.17) is 10.2 Å². The molecule has 2 nitrogen and oxygen atoms in total. The first-order valence-electron chi connectivity index (χ1n) is 2.63. The largest absolute Gasteiger partial charge is 0.397 e. The van der Waals surface area contributed by atoms with Crippen molar-refractivity contribution in [2.45, 2.75) is 12.6 Å². The van der Waals surface area contributed by atoms with Crippen molar-refractivity contribution in [3.63, 3.8) is 0 Å². The summed E-state index contributed by atoms with van der Waals surface area (Å²) >= 11 is 0. The third-order valence-electron chi connectivity index (χ3n) is 0.816. The third kappa shape index (κ3) is 5.98. The van der Waals surface area contributed by atoms with Crippen LogP contribution in [-0.2, 0) is 0 Å². The molecule has 0 bridgehead atoms. The topological polar surface area (TPSA) is 40.5 Å². The standard InChI is InChI=1S/C4H11BO2/c6-3-1-5-2-4-7/h5-7H,1-4H2. The third-order valence-corrected chi connectivity index (χ3v) is 0.816. The lowest BCUT2D eigenvalue weighted by Gasteiger charge is -1.87. The molecule has 0 amide bonds. The number of rotatable bonds is 4. The van der Waals surface area contributed by atoms with E-state index in [1.807, 2.05) is 0 Å². The number of aliphatic hydroxyl groups excluding tert-OH is 2. The molecular weight excluding hydrogens is 90.9 g/mol. The minimum absolute atomic E-state index is 0.250. The molecule has 0 aromatic rings. The van der Waals surface area contributed by atoms with E-state index >= 15 is 0 Å². The SMILES string of the molecule is OCCBCCO. The summed E-state index contributed by atoms with van der Waals surface area (Å²) in [7, 11) is 0.938. The molecule has 0 aliphatic carbocycles. The molecule has 0 atom stereocenters. The van der Waals surface area contributed by atoms with Gasteiger partial charge in [-0.3, -0.25) is 0 Å². The first-order chi connectivity index (χ1) is 3.41. The summed E-state index contributed by atoms with van der Waals surface area (Å²) in [6.07, 6.45) is 1.64. The average Bonchev–Trinajstić information content (AvgIpc) is 1.69. The highest BCUT2D eigenvalue weighted by Crippen LogP contribution is 1.80. The van der Waals surface area contributed by atoms with Crippen LogP contribution in [0.15, 0.2) is 0 Å². The lowest BCUT2D eigenvalue weighted by atomic mass is 9.72. The van der Waals surface area contributed by atoms with Gasteiger partial charge in [-0.1, -0.05) is 12.6 Å². The molecular formula is C4H11BO2. The van der Waals surface area contributed by atoms with E-state index in [9.17, 15) is 0 Å². The molecule has 0 unspecified atom stereocenters. The maximum absolute atomic E-state index is 8.21. The summed E-state index contributed by atoms with van der Waals surface area (Å²) in [5.41, 5.74) is 0. The molecule has 2 N–H and O–H groups in total. The fourth-order valence-corrected chi connectivity index (χ4v) is 0.400. The summed E-state index contributed by atoms with van der Waals surface area (Å²) in [5, 5.41) is 16.4. The Hall–Kier alpha value is -0.0151. The van der Waals surface area contributed by atoms with E-state index in [2.05, 4.69) is 0 Å². The predicted octanol–water partition coefficient (Wildman–Crippen LogP) is -0.756. The van der Waals surface area contributed by atoms with Crippen molar-refractivity contribution < 1.29 is 10.2 Å². The van der Waals surface area contributed by atoms with E-state index in [0.29, 0.717) is 0 Å². The van der Waals surface area contributed by atoms with E-state index in [-0.39, 0.29) is 13.2 Å². The van der Waals surface area contributed by atoms with E-state index in [1.54, 1.807) is 0 Å². The van der Waals surface area contributed by atoms with Gasteiger partial charge in [-0.2, -0.15) is 0 Å². The van der Waals surface area contributed by atoms with Gasteiger partial charge in [0.15, 0.2) is 0 Å². The first-order valence-corrected chi connectivity index (χ1v) is 2.63. The zero-order valence-electron chi connectivity index (χ0n) is 4.43. The Balaban J connectivity index is 2.45. The zero-order valence-corrected chi connectivity index (χ0v) is 4.43. The van der Waals surface area contributed by atoms with Crippen LogP contribution in [0, 0.1) is 0 Å². The van der Waals surface area contributed by atoms with Crippen LogP contribution in [-0.4, -0.2) is 30.7 Å². The predicted molar refractivity (Wildman–Crippen MR) is 30.9 cm³/mol. The lowest BCUT2D eigenvalue weighted by Crippen LogP contribution is -1.94. The summed E-state index contributed by atoms with van der Waals surface area (Å²) in [6.45, 7) is 0.500. The molecule has 7 heavy (non-hydrogen) atoms. The Morgan fingerprint density at radius 2 is 1.43 bits per heavy atom. The van der Waals surface area contributed by atoms with Crippen molar-refractivity contribution in [1.29, 1.82) is 0 Å². The van der Waals surface area contributed by atoms with Crippen LogP contribution in [0.2, 0.25) is 12.6 Å². The molecule has 0 spiro atoms. The van der Waals surface area contributed by atoms with Crippen molar-refractivity contribution in [2.75, 3.05) is 13.2 Å². The zero-order chi connectivity index (χ0) is 5.54. The van der Waals surface area contributed by atoms with Gasteiger partial charge in [0.05, 0.1) is 0 Å². The molecule has 0 saturated heterocycles. The molecule has 0 aliphatic heterocycles. The molecule has 0 saturated carbocycles. The van der Waals surface area contributed by atoms with Gasteiger partial charge in [0, 0.05) is 13.2 Å². The van der Waals surface area contributed by atoms with Gasteiger partial charge in [-0.25, -0.2) is 0 Å². The Labute approximate surface area is 44.4 Å². The summed E-state index contributed by atoms with van der Waals surface area (Å²) in [4.78, 5) is 0. The van der Waals surface area contributed by atoms with Crippen molar-refractivity contribution in [3.05, 3.63) is 0 Å². The highest BCUT2D eigenvalue weighted by atomic mass is 16.3. The molecule has 0 aliphatic rings. The molecule has 0 radical (unpaired) electrons. The second-order valence-electron chi connectivity index (χ2n) is 1.51. The average molecular weight is 102 g/mol. The van der Waals surface area contributed by atoms with Gasteiger partial charge in [-0.05, 0) is 0 Å². The second-order valence-corrected chi connectivity index (χ2v) is 1.51. The minimum atomic E-state index is 0.250. The minimum Gasteiger partial charge on any atom is -0.397 e. The molecule has 3 heteroatoms. The maximum atomic E-state index is 8.21. The van der Waals surface area contributed by atoms with Crippen LogP contribution in [0.25, 0.3) is 0 Å². The molecule has 0 aromatic heterocycles. The maximum Gasteiger partial charge on any atom is 0.126 e. The molecule has 0 fully saturated rings. The molecule has 42 valence electrons. The summed E-state index contributed by atoms with van der Waals surface area (Å²) in [6, 6.07) is 0. The van der Waals surface area contributed by atoms with Gasteiger partial charge in [-0.15, -0.1) is 0 Å². The monoisotopic (exact) mass is 102 g/mol. The molecule has 0 heterocycles. The molecule has 0 aromatic carbocycles. The lowest BCUT2D eigenvalue weighted by molar-refractivity contribution is 0.311. The number of hydrogen-bond donors (Lipinski definition) is 2. The van der Waals surface area contributed by atoms with Gasteiger partial charge in [0.2, 0.25) is 0 Å². The van der Waals surface area contributed by atoms with Gasteiger partial charge < -0.3 is 10.2 Å². The van der Waals surface area contributed by atoms with Crippen molar-refractivity contribution in [3.8, 4) is 0 Å². The Bertz CT molecular complexity index is 28.9. The Morgan fingerprint density at radius 3 is 1.71 bits per heavy atom. The first kappa shape index (κ1) is 6.98. The van der Waals surface area contributed by atoms with Crippen molar-refractivity contribution in [1.82, 2.24) is 0 Å². The summed E-state index contributed by atoms with van der Waals surface area (Å²) < 4.78 is 0. The smallest absolute Gasteiger partial charge is 0.126 e. The van der Waals surface area contributed by atoms with Crippen molar-refractivity contribution >= 4 is 7.28 Å². The summed E-state index contributed by atoms with van der Waals surface area (Å²) in [5.74, 6) is 0. The number of hydrogen-bond acceptors (Lipinski definition) is 2.